The Morgan fingerprint density at radius 3 is 2.57 bits per heavy atom. The van der Waals surface area contributed by atoms with Crippen LogP contribution in [-0.2, 0) is 6.61 Å². The van der Waals surface area contributed by atoms with E-state index < -0.39 is 23.2 Å². The number of ether oxygens (including phenoxy) is 3. The van der Waals surface area contributed by atoms with Gasteiger partial charge >= 0.3 is 0 Å². The van der Waals surface area contributed by atoms with Gasteiger partial charge in [-0.1, -0.05) is 0 Å². The molecular formula is C14H12F2N2O5. The van der Waals surface area contributed by atoms with E-state index in [1.165, 1.54) is 20.3 Å². The molecule has 2 aromatic rings. The number of rotatable bonds is 6. The van der Waals surface area contributed by atoms with Crippen LogP contribution in [0.3, 0.4) is 0 Å². The van der Waals surface area contributed by atoms with Crippen molar-refractivity contribution >= 4 is 5.69 Å². The lowest BCUT2D eigenvalue weighted by Gasteiger charge is -2.13. The first-order valence-corrected chi connectivity index (χ1v) is 6.30. The maximum atomic E-state index is 13.9. The lowest BCUT2D eigenvalue weighted by molar-refractivity contribution is -0.385. The number of benzene rings is 1. The monoisotopic (exact) mass is 326 g/mol. The summed E-state index contributed by atoms with van der Waals surface area (Å²) < 4.78 is 42.3. The van der Waals surface area contributed by atoms with Gasteiger partial charge in [0.1, 0.15) is 18.6 Å². The second-order valence-electron chi connectivity index (χ2n) is 4.29. The number of nitro groups is 1. The van der Waals surface area contributed by atoms with E-state index in [1.54, 1.807) is 0 Å². The number of aromatic nitrogens is 1. The summed E-state index contributed by atoms with van der Waals surface area (Å²) in [5.74, 6) is -2.20. The van der Waals surface area contributed by atoms with Crippen molar-refractivity contribution < 1.29 is 27.9 Å². The van der Waals surface area contributed by atoms with E-state index in [0.717, 1.165) is 18.3 Å². The van der Waals surface area contributed by atoms with Crippen LogP contribution in [0.2, 0.25) is 0 Å². The fourth-order valence-corrected chi connectivity index (χ4v) is 1.83. The quantitative estimate of drug-likeness (QED) is 0.599. The molecule has 0 bridgehead atoms. The summed E-state index contributed by atoms with van der Waals surface area (Å²) in [5.41, 5.74) is -0.492. The van der Waals surface area contributed by atoms with Crippen molar-refractivity contribution in [3.63, 3.8) is 0 Å². The first-order chi connectivity index (χ1) is 11.0. The minimum Gasteiger partial charge on any atom is -0.496 e. The molecule has 0 aliphatic rings. The van der Waals surface area contributed by atoms with Crippen molar-refractivity contribution in [3.05, 3.63) is 51.7 Å². The molecule has 0 saturated heterocycles. The van der Waals surface area contributed by atoms with E-state index in [1.807, 2.05) is 0 Å². The Balaban J connectivity index is 2.32. The first kappa shape index (κ1) is 16.4. The summed E-state index contributed by atoms with van der Waals surface area (Å²) in [6, 6.07) is 3.25. The van der Waals surface area contributed by atoms with E-state index in [4.69, 9.17) is 14.2 Å². The van der Waals surface area contributed by atoms with E-state index in [-0.39, 0.29) is 28.6 Å². The highest BCUT2D eigenvalue weighted by Crippen LogP contribution is 2.31. The molecule has 0 atom stereocenters. The molecule has 0 amide bonds. The van der Waals surface area contributed by atoms with Gasteiger partial charge in [-0.3, -0.25) is 10.1 Å². The zero-order valence-corrected chi connectivity index (χ0v) is 12.2. The Kier molecular flexibility index (Phi) is 4.89. The van der Waals surface area contributed by atoms with E-state index in [9.17, 15) is 18.9 Å². The second-order valence-corrected chi connectivity index (χ2v) is 4.29. The van der Waals surface area contributed by atoms with Gasteiger partial charge in [-0.2, -0.15) is 0 Å². The molecule has 0 aliphatic heterocycles. The molecule has 23 heavy (non-hydrogen) atoms. The molecule has 0 spiro atoms. The van der Waals surface area contributed by atoms with Crippen molar-refractivity contribution in [1.29, 1.82) is 0 Å². The maximum Gasteiger partial charge on any atom is 0.291 e. The van der Waals surface area contributed by atoms with Gasteiger partial charge in [0.05, 0.1) is 30.8 Å². The summed E-state index contributed by atoms with van der Waals surface area (Å²) >= 11 is 0. The Morgan fingerprint density at radius 1 is 1.22 bits per heavy atom. The molecule has 0 unspecified atom stereocenters. The third-order valence-corrected chi connectivity index (χ3v) is 2.95. The van der Waals surface area contributed by atoms with Crippen molar-refractivity contribution in [1.82, 2.24) is 4.98 Å². The lowest BCUT2D eigenvalue weighted by Crippen LogP contribution is -2.05. The van der Waals surface area contributed by atoms with Crippen LogP contribution in [0.15, 0.2) is 24.4 Å². The van der Waals surface area contributed by atoms with Crippen molar-refractivity contribution in [3.8, 4) is 17.4 Å². The molecular weight excluding hydrogens is 314 g/mol. The van der Waals surface area contributed by atoms with Crippen LogP contribution in [0.25, 0.3) is 0 Å². The third-order valence-electron chi connectivity index (χ3n) is 2.95. The average molecular weight is 326 g/mol. The molecule has 9 heteroatoms. The highest BCUT2D eigenvalue weighted by Gasteiger charge is 2.18. The van der Waals surface area contributed by atoms with Gasteiger partial charge in [-0.25, -0.2) is 13.8 Å². The van der Waals surface area contributed by atoms with Crippen molar-refractivity contribution in [2.45, 2.75) is 6.61 Å². The Labute approximate surface area is 129 Å². The summed E-state index contributed by atoms with van der Waals surface area (Å²) in [4.78, 5) is 13.8. The van der Waals surface area contributed by atoms with Gasteiger partial charge in [-0.05, 0) is 12.1 Å². The minimum absolute atomic E-state index is 0.0219. The predicted octanol–water partition coefficient (Wildman–Crippen LogP) is 2.86. The number of hydrogen-bond donors (Lipinski definition) is 0. The minimum atomic E-state index is -1.12. The summed E-state index contributed by atoms with van der Waals surface area (Å²) in [5, 5.41) is 10.8. The molecule has 1 heterocycles. The molecule has 122 valence electrons. The zero-order chi connectivity index (χ0) is 17.0. The van der Waals surface area contributed by atoms with E-state index in [2.05, 4.69) is 4.98 Å². The summed E-state index contributed by atoms with van der Waals surface area (Å²) in [6.07, 6.45) is 0.995. The largest absolute Gasteiger partial charge is 0.496 e. The van der Waals surface area contributed by atoms with Crippen LogP contribution in [0.1, 0.15) is 5.56 Å². The summed E-state index contributed by atoms with van der Waals surface area (Å²) in [7, 11) is 2.59. The number of methoxy groups -OCH3 is 2. The zero-order valence-electron chi connectivity index (χ0n) is 12.2. The Bertz CT molecular complexity index is 739. The molecule has 0 radical (unpaired) electrons. The van der Waals surface area contributed by atoms with Crippen LogP contribution in [0, 0.1) is 21.7 Å². The van der Waals surface area contributed by atoms with Gasteiger partial charge in [0.2, 0.25) is 0 Å². The molecule has 1 aromatic heterocycles. The standard InChI is InChI=1S/C14H12F2N2O5/c1-21-11-4-3-10(15)13(16)9(11)7-23-12-5-8(18(19)20)6-17-14(12)22-2/h3-6H,7H2,1-2H3. The van der Waals surface area contributed by atoms with Gasteiger partial charge in [0, 0.05) is 0 Å². The van der Waals surface area contributed by atoms with Gasteiger partial charge in [0.15, 0.2) is 17.4 Å². The average Bonchev–Trinajstić information content (AvgIpc) is 2.55. The van der Waals surface area contributed by atoms with Crippen LogP contribution in [0.4, 0.5) is 14.5 Å². The molecule has 0 fully saturated rings. The van der Waals surface area contributed by atoms with Gasteiger partial charge in [-0.15, -0.1) is 0 Å². The predicted molar refractivity (Wildman–Crippen MR) is 74.7 cm³/mol. The lowest BCUT2D eigenvalue weighted by atomic mass is 10.2. The number of halogens is 2. The first-order valence-electron chi connectivity index (χ1n) is 6.30. The molecule has 7 nitrogen and oxygen atoms in total. The van der Waals surface area contributed by atoms with Crippen LogP contribution >= 0.6 is 0 Å². The van der Waals surface area contributed by atoms with Gasteiger partial charge in [0.25, 0.3) is 11.6 Å². The molecule has 2 rings (SSSR count). The van der Waals surface area contributed by atoms with Gasteiger partial charge < -0.3 is 14.2 Å². The highest BCUT2D eigenvalue weighted by molar-refractivity contribution is 5.43. The second kappa shape index (κ2) is 6.86. The molecule has 0 N–H and O–H groups in total. The smallest absolute Gasteiger partial charge is 0.291 e. The normalized spacial score (nSPS) is 10.3. The SMILES string of the molecule is COc1ccc(F)c(F)c1COc1cc([N+](=O)[O-])cnc1OC. The number of hydrogen-bond acceptors (Lipinski definition) is 6. The number of nitrogens with zero attached hydrogens (tertiary/aromatic N) is 2. The van der Waals surface area contributed by atoms with Crippen LogP contribution in [-0.4, -0.2) is 24.1 Å². The highest BCUT2D eigenvalue weighted by atomic mass is 19.2. The topological polar surface area (TPSA) is 83.7 Å². The van der Waals surface area contributed by atoms with E-state index in [0.29, 0.717) is 0 Å². The van der Waals surface area contributed by atoms with Crippen molar-refractivity contribution in [2.24, 2.45) is 0 Å². The maximum absolute atomic E-state index is 13.9. The third kappa shape index (κ3) is 3.44. The molecule has 1 aromatic carbocycles. The number of pyridine rings is 1. The van der Waals surface area contributed by atoms with Crippen LogP contribution < -0.4 is 14.2 Å². The van der Waals surface area contributed by atoms with Crippen LogP contribution in [0.5, 0.6) is 17.4 Å². The molecule has 0 saturated carbocycles. The Hall–Kier alpha value is -2.97. The molecule has 0 aliphatic carbocycles. The fraction of sp³-hybridized carbons (Fsp3) is 0.214. The van der Waals surface area contributed by atoms with E-state index >= 15 is 0 Å². The Morgan fingerprint density at radius 2 is 1.96 bits per heavy atom. The fourth-order valence-electron chi connectivity index (χ4n) is 1.83. The summed E-state index contributed by atoms with van der Waals surface area (Å²) in [6.45, 7) is -0.425. The van der Waals surface area contributed by atoms with Crippen molar-refractivity contribution in [2.75, 3.05) is 14.2 Å².